The van der Waals surface area contributed by atoms with Crippen LogP contribution in [0.3, 0.4) is 0 Å². The van der Waals surface area contributed by atoms with E-state index in [1.165, 1.54) is 36.4 Å². The maximum absolute atomic E-state index is 13.9. The summed E-state index contributed by atoms with van der Waals surface area (Å²) in [6.45, 7) is 2.50. The number of carbonyl (C=O) groups is 2. The lowest BCUT2D eigenvalue weighted by molar-refractivity contribution is -0.139. The average molecular weight is 427 g/mol. The number of anilines is 1. The lowest BCUT2D eigenvalue weighted by Gasteiger charge is -2.40. The smallest absolute Gasteiger partial charge is 0.238 e. The number of hydrogen-bond donors (Lipinski definition) is 1. The Hall–Kier alpha value is -2.80. The summed E-state index contributed by atoms with van der Waals surface area (Å²) in [6, 6.07) is 12.1. The summed E-state index contributed by atoms with van der Waals surface area (Å²) in [7, 11) is 0. The highest BCUT2D eigenvalue weighted by molar-refractivity contribution is 5.92. The molecule has 0 spiro atoms. The number of nitrogens with one attached hydrogen (secondary N) is 1. The second-order valence-electron chi connectivity index (χ2n) is 8.42. The summed E-state index contributed by atoms with van der Waals surface area (Å²) in [4.78, 5) is 29.7. The highest BCUT2D eigenvalue weighted by Gasteiger charge is 2.45. The molecule has 7 heteroatoms. The van der Waals surface area contributed by atoms with Gasteiger partial charge in [-0.25, -0.2) is 8.78 Å². The molecule has 4 rings (SSSR count). The Kier molecular flexibility index (Phi) is 6.32. The topological polar surface area (TPSA) is 52.7 Å². The van der Waals surface area contributed by atoms with Crippen LogP contribution in [0.5, 0.6) is 0 Å². The molecule has 31 heavy (non-hydrogen) atoms. The van der Waals surface area contributed by atoms with Crippen LogP contribution in [0.2, 0.25) is 0 Å². The van der Waals surface area contributed by atoms with Crippen molar-refractivity contribution in [3.8, 4) is 0 Å². The average Bonchev–Trinajstić information content (AvgIpc) is 3.27. The minimum absolute atomic E-state index is 0.0750. The van der Waals surface area contributed by atoms with E-state index in [1.807, 2.05) is 15.9 Å². The fraction of sp³-hybridized carbons (Fsp3) is 0.417. The van der Waals surface area contributed by atoms with Crippen molar-refractivity contribution in [1.29, 1.82) is 0 Å². The van der Waals surface area contributed by atoms with E-state index in [1.54, 1.807) is 6.07 Å². The van der Waals surface area contributed by atoms with Crippen molar-refractivity contribution in [3.63, 3.8) is 0 Å². The number of benzene rings is 2. The Bertz CT molecular complexity index is 934. The molecular formula is C24H27F2N3O2. The number of halogens is 2. The van der Waals surface area contributed by atoms with Gasteiger partial charge in [-0.3, -0.25) is 14.5 Å². The monoisotopic (exact) mass is 427 g/mol. The van der Waals surface area contributed by atoms with Gasteiger partial charge in [-0.15, -0.1) is 0 Å². The molecule has 0 radical (unpaired) electrons. The van der Waals surface area contributed by atoms with Crippen molar-refractivity contribution in [2.75, 3.05) is 38.0 Å². The Labute approximate surface area is 181 Å². The summed E-state index contributed by atoms with van der Waals surface area (Å²) >= 11 is 0. The first-order chi connectivity index (χ1) is 15.0. The Morgan fingerprint density at radius 1 is 0.903 bits per heavy atom. The predicted molar refractivity (Wildman–Crippen MR) is 115 cm³/mol. The SMILES string of the molecule is O=C(CN1CCN(C(=O)C2(c3cccc(F)c3)CCCC2)CC1)Nc1ccc(F)cc1. The standard InChI is InChI=1S/C24H27F2N3O2/c25-19-6-8-21(9-7-19)27-22(30)17-28-12-14-29(15-13-28)23(31)24(10-1-2-11-24)18-4-3-5-20(26)16-18/h3-9,16H,1-2,10-15,17H2,(H,27,30). The highest BCUT2D eigenvalue weighted by Crippen LogP contribution is 2.43. The van der Waals surface area contributed by atoms with Gasteiger partial charge in [0.25, 0.3) is 0 Å². The molecule has 1 N–H and O–H groups in total. The van der Waals surface area contributed by atoms with Crippen molar-refractivity contribution in [2.24, 2.45) is 0 Å². The van der Waals surface area contributed by atoms with Gasteiger partial charge in [-0.2, -0.15) is 0 Å². The number of piperazine rings is 1. The van der Waals surface area contributed by atoms with E-state index in [-0.39, 0.29) is 30.0 Å². The van der Waals surface area contributed by atoms with Crippen LogP contribution >= 0.6 is 0 Å². The van der Waals surface area contributed by atoms with Crippen LogP contribution in [0.1, 0.15) is 31.2 Å². The molecular weight excluding hydrogens is 400 g/mol. The molecule has 5 nitrogen and oxygen atoms in total. The third-order valence-electron chi connectivity index (χ3n) is 6.40. The largest absolute Gasteiger partial charge is 0.339 e. The fourth-order valence-corrected chi connectivity index (χ4v) is 4.74. The van der Waals surface area contributed by atoms with E-state index in [0.717, 1.165) is 31.2 Å². The van der Waals surface area contributed by atoms with Gasteiger partial charge < -0.3 is 10.2 Å². The summed E-state index contributed by atoms with van der Waals surface area (Å²) in [5, 5.41) is 2.76. The van der Waals surface area contributed by atoms with E-state index in [0.29, 0.717) is 31.9 Å². The Morgan fingerprint density at radius 3 is 2.23 bits per heavy atom. The molecule has 1 aliphatic heterocycles. The van der Waals surface area contributed by atoms with Crippen LogP contribution in [-0.2, 0) is 15.0 Å². The lowest BCUT2D eigenvalue weighted by atomic mass is 9.77. The van der Waals surface area contributed by atoms with E-state index in [4.69, 9.17) is 0 Å². The van der Waals surface area contributed by atoms with E-state index >= 15 is 0 Å². The lowest BCUT2D eigenvalue weighted by Crippen LogP contribution is -2.55. The molecule has 0 aromatic heterocycles. The summed E-state index contributed by atoms with van der Waals surface area (Å²) in [6.07, 6.45) is 3.42. The van der Waals surface area contributed by atoms with Gasteiger partial charge in [0, 0.05) is 31.9 Å². The predicted octanol–water partition coefficient (Wildman–Crippen LogP) is 3.56. The summed E-state index contributed by atoms with van der Waals surface area (Å²) in [5.74, 6) is -0.755. The number of hydrogen-bond acceptors (Lipinski definition) is 3. The summed E-state index contributed by atoms with van der Waals surface area (Å²) in [5.41, 5.74) is 0.694. The Morgan fingerprint density at radius 2 is 1.58 bits per heavy atom. The molecule has 2 aromatic rings. The van der Waals surface area contributed by atoms with E-state index < -0.39 is 5.41 Å². The van der Waals surface area contributed by atoms with Gasteiger partial charge in [0.2, 0.25) is 11.8 Å². The minimum atomic E-state index is -0.635. The zero-order chi connectivity index (χ0) is 21.8. The number of nitrogens with zero attached hydrogens (tertiary/aromatic N) is 2. The Balaban J connectivity index is 1.35. The molecule has 2 aromatic carbocycles. The van der Waals surface area contributed by atoms with Crippen molar-refractivity contribution in [2.45, 2.75) is 31.1 Å². The third-order valence-corrected chi connectivity index (χ3v) is 6.40. The van der Waals surface area contributed by atoms with Gasteiger partial charge >= 0.3 is 0 Å². The second-order valence-corrected chi connectivity index (χ2v) is 8.42. The molecule has 164 valence electrons. The van der Waals surface area contributed by atoms with E-state index in [2.05, 4.69) is 5.32 Å². The van der Waals surface area contributed by atoms with E-state index in [9.17, 15) is 18.4 Å². The molecule has 0 bridgehead atoms. The first-order valence-electron chi connectivity index (χ1n) is 10.8. The molecule has 0 atom stereocenters. The van der Waals surface area contributed by atoms with Crippen LogP contribution < -0.4 is 5.32 Å². The van der Waals surface area contributed by atoms with Crippen LogP contribution in [0.15, 0.2) is 48.5 Å². The first kappa shape index (κ1) is 21.4. The zero-order valence-corrected chi connectivity index (χ0v) is 17.4. The maximum atomic E-state index is 13.9. The molecule has 2 aliphatic rings. The van der Waals surface area contributed by atoms with Gasteiger partial charge in [0.15, 0.2) is 0 Å². The van der Waals surface area contributed by atoms with Gasteiger partial charge in [-0.1, -0.05) is 25.0 Å². The van der Waals surface area contributed by atoms with Gasteiger partial charge in [0.1, 0.15) is 11.6 Å². The summed E-state index contributed by atoms with van der Waals surface area (Å²) < 4.78 is 26.9. The van der Waals surface area contributed by atoms with Crippen LogP contribution in [0, 0.1) is 11.6 Å². The normalized spacial score (nSPS) is 18.7. The molecule has 2 amide bonds. The molecule has 1 saturated heterocycles. The van der Waals surface area contributed by atoms with Gasteiger partial charge in [-0.05, 0) is 54.8 Å². The van der Waals surface area contributed by atoms with Crippen LogP contribution in [0.4, 0.5) is 14.5 Å². The number of rotatable bonds is 5. The number of carbonyl (C=O) groups excluding carboxylic acids is 2. The van der Waals surface area contributed by atoms with Crippen molar-refractivity contribution in [3.05, 3.63) is 65.7 Å². The molecule has 2 fully saturated rings. The fourth-order valence-electron chi connectivity index (χ4n) is 4.74. The molecule has 1 aliphatic carbocycles. The van der Waals surface area contributed by atoms with Crippen molar-refractivity contribution < 1.29 is 18.4 Å². The molecule has 1 heterocycles. The minimum Gasteiger partial charge on any atom is -0.339 e. The highest BCUT2D eigenvalue weighted by atomic mass is 19.1. The second kappa shape index (κ2) is 9.14. The first-order valence-corrected chi connectivity index (χ1v) is 10.8. The molecule has 0 unspecified atom stereocenters. The maximum Gasteiger partial charge on any atom is 0.238 e. The van der Waals surface area contributed by atoms with Crippen LogP contribution in [0.25, 0.3) is 0 Å². The van der Waals surface area contributed by atoms with Crippen LogP contribution in [-0.4, -0.2) is 54.3 Å². The number of amides is 2. The molecule has 1 saturated carbocycles. The zero-order valence-electron chi connectivity index (χ0n) is 17.4. The van der Waals surface area contributed by atoms with Crippen molar-refractivity contribution >= 4 is 17.5 Å². The quantitative estimate of drug-likeness (QED) is 0.794. The van der Waals surface area contributed by atoms with Crippen molar-refractivity contribution in [1.82, 2.24) is 9.80 Å². The third kappa shape index (κ3) is 4.77. The van der Waals surface area contributed by atoms with Gasteiger partial charge in [0.05, 0.1) is 12.0 Å².